The molecular weight excluding hydrogens is 434 g/mol. The molecule has 2 heterocycles. The number of thiazole rings is 1. The highest BCUT2D eigenvalue weighted by Crippen LogP contribution is 2.40. The number of ether oxygens (including phenoxy) is 2. The molecule has 0 aliphatic heterocycles. The minimum absolute atomic E-state index is 0.00929. The Balaban J connectivity index is 1.79. The maximum Gasteiger partial charge on any atom is 0.260 e. The number of anilines is 1. The average Bonchev–Trinajstić information content (AvgIpc) is 3.27. The van der Waals surface area contributed by atoms with E-state index in [1.54, 1.807) is 25.3 Å². The number of aromatic nitrogens is 2. The summed E-state index contributed by atoms with van der Waals surface area (Å²) in [5.41, 5.74) is 3.21. The summed E-state index contributed by atoms with van der Waals surface area (Å²) in [5, 5.41) is 0.559. The fourth-order valence-corrected chi connectivity index (χ4v) is 4.61. The van der Waals surface area contributed by atoms with Crippen molar-refractivity contribution in [3.05, 3.63) is 77.6 Å². The van der Waals surface area contributed by atoms with E-state index in [-0.39, 0.29) is 11.3 Å². The third-order valence-electron chi connectivity index (χ3n) is 5.42. The summed E-state index contributed by atoms with van der Waals surface area (Å²) in [4.78, 5) is 24.6. The zero-order valence-corrected chi connectivity index (χ0v) is 20.3. The lowest BCUT2D eigenvalue weighted by molar-refractivity contribution is 0.0984. The highest BCUT2D eigenvalue weighted by Gasteiger charge is 2.25. The molecule has 1 amide bonds. The van der Waals surface area contributed by atoms with E-state index in [1.165, 1.54) is 16.9 Å². The second-order valence-electron chi connectivity index (χ2n) is 8.68. The Hall–Kier alpha value is -3.45. The Bertz CT molecular complexity index is 1220. The molecule has 170 valence electrons. The van der Waals surface area contributed by atoms with E-state index in [2.05, 4.69) is 25.8 Å². The van der Waals surface area contributed by atoms with Gasteiger partial charge in [0.25, 0.3) is 5.91 Å². The van der Waals surface area contributed by atoms with Crippen LogP contribution in [0.25, 0.3) is 10.2 Å². The van der Waals surface area contributed by atoms with E-state index in [4.69, 9.17) is 14.5 Å². The molecule has 4 rings (SSSR count). The van der Waals surface area contributed by atoms with Crippen molar-refractivity contribution in [3.8, 4) is 11.5 Å². The summed E-state index contributed by atoms with van der Waals surface area (Å²) in [6, 6.07) is 17.1. The molecule has 0 bridgehead atoms. The second kappa shape index (κ2) is 9.19. The number of carbonyl (C=O) groups is 1. The Labute approximate surface area is 197 Å². The fraction of sp³-hybridized carbons (Fsp3) is 0.269. The average molecular weight is 462 g/mol. The molecular formula is C26H27N3O3S. The molecule has 0 unspecified atom stereocenters. The molecule has 0 spiro atoms. The van der Waals surface area contributed by atoms with Crippen LogP contribution in [-0.4, -0.2) is 30.1 Å². The van der Waals surface area contributed by atoms with Gasteiger partial charge in [0.05, 0.1) is 26.5 Å². The predicted molar refractivity (Wildman–Crippen MR) is 133 cm³/mol. The first kappa shape index (κ1) is 22.7. The summed E-state index contributed by atoms with van der Waals surface area (Å²) in [7, 11) is 3.22. The van der Waals surface area contributed by atoms with Crippen LogP contribution in [0.15, 0.2) is 60.8 Å². The monoisotopic (exact) mass is 461 g/mol. The van der Waals surface area contributed by atoms with E-state index < -0.39 is 0 Å². The van der Waals surface area contributed by atoms with E-state index in [1.807, 2.05) is 54.6 Å². The van der Waals surface area contributed by atoms with Gasteiger partial charge in [0.1, 0.15) is 21.7 Å². The van der Waals surface area contributed by atoms with Crippen molar-refractivity contribution < 1.29 is 14.3 Å². The van der Waals surface area contributed by atoms with Crippen molar-refractivity contribution >= 4 is 32.6 Å². The minimum atomic E-state index is -0.141. The Morgan fingerprint density at radius 1 is 0.970 bits per heavy atom. The van der Waals surface area contributed by atoms with Crippen LogP contribution in [0.5, 0.6) is 11.5 Å². The van der Waals surface area contributed by atoms with Gasteiger partial charge in [0.2, 0.25) is 0 Å². The van der Waals surface area contributed by atoms with Crippen LogP contribution in [0.4, 0.5) is 5.13 Å². The third kappa shape index (κ3) is 4.68. The number of methoxy groups -OCH3 is 2. The van der Waals surface area contributed by atoms with Gasteiger partial charge < -0.3 is 9.47 Å². The molecule has 0 aliphatic rings. The quantitative estimate of drug-likeness (QED) is 0.360. The minimum Gasteiger partial charge on any atom is -0.495 e. The lowest BCUT2D eigenvalue weighted by atomic mass is 9.86. The second-order valence-corrected chi connectivity index (χ2v) is 9.66. The molecule has 2 aromatic heterocycles. The summed E-state index contributed by atoms with van der Waals surface area (Å²) >= 11 is 1.40. The molecule has 4 aromatic rings. The predicted octanol–water partition coefficient (Wildman–Crippen LogP) is 5.85. The first-order valence-corrected chi connectivity index (χ1v) is 11.5. The molecule has 0 N–H and O–H groups in total. The van der Waals surface area contributed by atoms with Crippen molar-refractivity contribution in [1.29, 1.82) is 0 Å². The van der Waals surface area contributed by atoms with Gasteiger partial charge in [-0.15, -0.1) is 0 Å². The molecule has 0 saturated carbocycles. The standard InChI is InChI=1S/C26H27N3O3S/c1-26(2,3)18-11-9-17(10-12-18)24(30)29(16-19-8-6-7-15-27-19)25-28-22-20(31-4)13-14-21(32-5)23(22)33-25/h6-15H,16H2,1-5H3. The SMILES string of the molecule is COc1ccc(OC)c2sc(N(Cc3ccccn3)C(=O)c3ccc(C(C)(C)C)cc3)nc12. The number of fused-ring (bicyclic) bond motifs is 1. The van der Waals surface area contributed by atoms with Crippen LogP contribution >= 0.6 is 11.3 Å². The summed E-state index contributed by atoms with van der Waals surface area (Å²) < 4.78 is 11.9. The van der Waals surface area contributed by atoms with Gasteiger partial charge in [0, 0.05) is 11.8 Å². The third-order valence-corrected chi connectivity index (χ3v) is 6.51. The summed E-state index contributed by atoms with van der Waals surface area (Å²) in [6.45, 7) is 6.75. The number of hydrogen-bond donors (Lipinski definition) is 0. The molecule has 0 radical (unpaired) electrons. The van der Waals surface area contributed by atoms with Crippen LogP contribution in [-0.2, 0) is 12.0 Å². The molecule has 33 heavy (non-hydrogen) atoms. The summed E-state index contributed by atoms with van der Waals surface area (Å²) in [5.74, 6) is 1.18. The van der Waals surface area contributed by atoms with Gasteiger partial charge in [-0.1, -0.05) is 50.3 Å². The number of hydrogen-bond acceptors (Lipinski definition) is 6. The molecule has 0 saturated heterocycles. The van der Waals surface area contributed by atoms with Gasteiger partial charge in [0.15, 0.2) is 5.13 Å². The lowest BCUT2D eigenvalue weighted by Crippen LogP contribution is -2.30. The number of nitrogens with zero attached hydrogens (tertiary/aromatic N) is 3. The van der Waals surface area contributed by atoms with Crippen LogP contribution < -0.4 is 14.4 Å². The normalized spacial score (nSPS) is 11.4. The van der Waals surface area contributed by atoms with Gasteiger partial charge >= 0.3 is 0 Å². The van der Waals surface area contributed by atoms with Crippen LogP contribution in [0, 0.1) is 0 Å². The maximum atomic E-state index is 13.7. The number of carbonyl (C=O) groups excluding carboxylic acids is 1. The zero-order chi connectivity index (χ0) is 23.6. The van der Waals surface area contributed by atoms with Crippen molar-refractivity contribution in [1.82, 2.24) is 9.97 Å². The first-order chi connectivity index (χ1) is 15.8. The highest BCUT2D eigenvalue weighted by atomic mass is 32.1. The Morgan fingerprint density at radius 3 is 2.27 bits per heavy atom. The topological polar surface area (TPSA) is 64.6 Å². The molecule has 2 aromatic carbocycles. The van der Waals surface area contributed by atoms with Gasteiger partial charge in [-0.25, -0.2) is 4.98 Å². The number of pyridine rings is 1. The van der Waals surface area contributed by atoms with Gasteiger partial charge in [-0.3, -0.25) is 14.7 Å². The zero-order valence-electron chi connectivity index (χ0n) is 19.5. The van der Waals surface area contributed by atoms with Crippen molar-refractivity contribution in [2.75, 3.05) is 19.1 Å². The van der Waals surface area contributed by atoms with E-state index in [0.717, 1.165) is 10.4 Å². The Kier molecular flexibility index (Phi) is 6.33. The number of amides is 1. The van der Waals surface area contributed by atoms with Crippen molar-refractivity contribution in [2.24, 2.45) is 0 Å². The van der Waals surface area contributed by atoms with Gasteiger partial charge in [-0.05, 0) is 47.4 Å². The van der Waals surface area contributed by atoms with Gasteiger partial charge in [-0.2, -0.15) is 0 Å². The smallest absolute Gasteiger partial charge is 0.260 e. The largest absolute Gasteiger partial charge is 0.495 e. The molecule has 7 heteroatoms. The highest BCUT2D eigenvalue weighted by molar-refractivity contribution is 7.22. The fourth-order valence-electron chi connectivity index (χ4n) is 3.54. The van der Waals surface area contributed by atoms with Crippen LogP contribution in [0.3, 0.4) is 0 Å². The van der Waals surface area contributed by atoms with E-state index >= 15 is 0 Å². The van der Waals surface area contributed by atoms with Crippen LogP contribution in [0.2, 0.25) is 0 Å². The van der Waals surface area contributed by atoms with E-state index in [0.29, 0.717) is 34.3 Å². The molecule has 0 fully saturated rings. The first-order valence-electron chi connectivity index (χ1n) is 10.7. The maximum absolute atomic E-state index is 13.7. The molecule has 0 aliphatic carbocycles. The lowest BCUT2D eigenvalue weighted by Gasteiger charge is -2.21. The number of rotatable bonds is 6. The van der Waals surface area contributed by atoms with Crippen molar-refractivity contribution in [3.63, 3.8) is 0 Å². The van der Waals surface area contributed by atoms with Crippen LogP contribution in [0.1, 0.15) is 42.4 Å². The molecule has 6 nitrogen and oxygen atoms in total. The Morgan fingerprint density at radius 2 is 1.67 bits per heavy atom. The van der Waals surface area contributed by atoms with E-state index in [9.17, 15) is 4.79 Å². The van der Waals surface area contributed by atoms with Crippen molar-refractivity contribution in [2.45, 2.75) is 32.7 Å². The molecule has 0 atom stereocenters. The number of benzene rings is 2. The summed E-state index contributed by atoms with van der Waals surface area (Å²) in [6.07, 6.45) is 1.72.